The van der Waals surface area contributed by atoms with E-state index in [9.17, 15) is 19.5 Å². The number of thiophene rings is 1. The number of fused-ring (bicyclic) bond motifs is 1. The highest BCUT2D eigenvalue weighted by atomic mass is 35.5. The van der Waals surface area contributed by atoms with Gasteiger partial charge in [0.2, 0.25) is 0 Å². The fourth-order valence-electron chi connectivity index (χ4n) is 5.92. The van der Waals surface area contributed by atoms with Crippen LogP contribution < -0.4 is 5.46 Å². The number of ketones is 1. The van der Waals surface area contributed by atoms with Gasteiger partial charge in [-0.25, -0.2) is 4.79 Å². The van der Waals surface area contributed by atoms with Crippen LogP contribution in [0.4, 0.5) is 0 Å². The number of aldehydes is 1. The predicted octanol–water partition coefficient (Wildman–Crippen LogP) is 5.83. The molecular weight excluding hydrogens is 541 g/mol. The molecule has 5 rings (SSSR count). The van der Waals surface area contributed by atoms with Gasteiger partial charge in [-0.3, -0.25) is 9.59 Å². The number of carbonyl (C=O) groups excluding carboxylic acids is 2. The molecule has 1 N–H and O–H groups in total. The first kappa shape index (κ1) is 27.9. The lowest BCUT2D eigenvalue weighted by Gasteiger charge is -2.28. The van der Waals surface area contributed by atoms with E-state index in [2.05, 4.69) is 0 Å². The number of rotatable bonds is 9. The van der Waals surface area contributed by atoms with Gasteiger partial charge in [0.05, 0.1) is 0 Å². The van der Waals surface area contributed by atoms with Crippen molar-refractivity contribution >= 4 is 54.3 Å². The van der Waals surface area contributed by atoms with Crippen LogP contribution in [0.2, 0.25) is 0 Å². The molecule has 1 saturated heterocycles. The summed E-state index contributed by atoms with van der Waals surface area (Å²) in [6.07, 6.45) is 6.06. The van der Waals surface area contributed by atoms with Crippen molar-refractivity contribution in [1.29, 1.82) is 0 Å². The number of allylic oxidation sites excluding steroid dienone is 5. The molecule has 1 aliphatic heterocycles. The molecule has 2 aromatic carbocycles. The quantitative estimate of drug-likeness (QED) is 0.152. The van der Waals surface area contributed by atoms with Crippen molar-refractivity contribution in [3.8, 4) is 11.1 Å². The molecule has 0 amide bonds. The zero-order valence-corrected chi connectivity index (χ0v) is 23.5. The van der Waals surface area contributed by atoms with E-state index in [1.54, 1.807) is 18.2 Å². The molecule has 0 saturated carbocycles. The summed E-state index contributed by atoms with van der Waals surface area (Å²) in [5.41, 5.74) is 5.20. The summed E-state index contributed by atoms with van der Waals surface area (Å²) >= 11 is 7.94. The molecular formula is C32H27BClNO4S. The zero-order valence-electron chi connectivity index (χ0n) is 21.9. The second kappa shape index (κ2) is 11.8. The van der Waals surface area contributed by atoms with Gasteiger partial charge in [-0.2, -0.15) is 0 Å². The first-order valence-electron chi connectivity index (χ1n) is 13.0. The van der Waals surface area contributed by atoms with Gasteiger partial charge in [0.15, 0.2) is 5.78 Å². The van der Waals surface area contributed by atoms with Crippen molar-refractivity contribution in [1.82, 2.24) is 4.90 Å². The normalized spacial score (nSPS) is 20.5. The van der Waals surface area contributed by atoms with Gasteiger partial charge in [-0.1, -0.05) is 77.2 Å². The number of carbonyl (C=O) groups is 3. The Morgan fingerprint density at radius 1 is 1.12 bits per heavy atom. The van der Waals surface area contributed by atoms with Gasteiger partial charge < -0.3 is 10.0 Å². The first-order chi connectivity index (χ1) is 19.3. The molecule has 2 heterocycles. The van der Waals surface area contributed by atoms with Crippen molar-refractivity contribution in [2.45, 2.75) is 32.4 Å². The number of halogens is 1. The molecule has 5 nitrogen and oxygen atoms in total. The molecule has 3 atom stereocenters. The molecule has 0 bridgehead atoms. The molecule has 0 spiro atoms. The third-order valence-electron chi connectivity index (χ3n) is 7.67. The number of hydrogen-bond acceptors (Lipinski definition) is 5. The topological polar surface area (TPSA) is 74.7 Å². The first-order valence-corrected chi connectivity index (χ1v) is 14.2. The van der Waals surface area contributed by atoms with E-state index in [-0.39, 0.29) is 18.1 Å². The Kier molecular flexibility index (Phi) is 8.24. The summed E-state index contributed by atoms with van der Waals surface area (Å²) in [7, 11) is 5.86. The largest absolute Gasteiger partial charge is 0.480 e. The Morgan fingerprint density at radius 2 is 1.85 bits per heavy atom. The highest BCUT2D eigenvalue weighted by Gasteiger charge is 2.50. The molecule has 2 radical (unpaired) electrons. The molecule has 40 heavy (non-hydrogen) atoms. The van der Waals surface area contributed by atoms with Gasteiger partial charge in [-0.05, 0) is 48.1 Å². The fraction of sp³-hybridized carbons (Fsp3) is 0.219. The highest BCUT2D eigenvalue weighted by molar-refractivity contribution is 7.10. The van der Waals surface area contributed by atoms with Crippen LogP contribution >= 0.6 is 22.9 Å². The van der Waals surface area contributed by atoms with E-state index in [0.717, 1.165) is 27.3 Å². The average molecular weight is 568 g/mol. The number of benzene rings is 2. The van der Waals surface area contributed by atoms with Gasteiger partial charge in [0.1, 0.15) is 20.2 Å². The molecule has 200 valence electrons. The van der Waals surface area contributed by atoms with E-state index >= 15 is 0 Å². The van der Waals surface area contributed by atoms with Gasteiger partial charge in [0, 0.05) is 51.5 Å². The van der Waals surface area contributed by atoms with Crippen LogP contribution in [0.1, 0.15) is 33.6 Å². The van der Waals surface area contributed by atoms with E-state index in [1.165, 1.54) is 17.4 Å². The summed E-state index contributed by atoms with van der Waals surface area (Å²) in [6, 6.07) is 16.0. The lowest BCUT2D eigenvalue weighted by atomic mass is 9.77. The SMILES string of the molecule is [B]c1ccc(-c2csc(C)c2C(=O)C/C(=C/C=O)C2C3CC(Cl)=CC=C3N(Cc3ccccc3)C2C(=O)O)cc1. The van der Waals surface area contributed by atoms with Crippen molar-refractivity contribution in [3.63, 3.8) is 0 Å². The number of likely N-dealkylation sites (tertiary alicyclic amines) is 1. The Hall–Kier alpha value is -3.68. The summed E-state index contributed by atoms with van der Waals surface area (Å²) < 4.78 is 0. The molecule has 1 aromatic heterocycles. The number of aliphatic carboxylic acids is 1. The Labute approximate surface area is 243 Å². The van der Waals surface area contributed by atoms with E-state index in [1.807, 2.05) is 65.7 Å². The molecule has 2 aliphatic rings. The van der Waals surface area contributed by atoms with E-state index in [0.29, 0.717) is 40.9 Å². The number of carboxylic acid groups (broad SMARTS) is 1. The van der Waals surface area contributed by atoms with Crippen molar-refractivity contribution < 1.29 is 19.5 Å². The van der Waals surface area contributed by atoms with Crippen LogP contribution in [0.15, 0.2) is 94.5 Å². The summed E-state index contributed by atoms with van der Waals surface area (Å²) in [5.74, 6) is -2.05. The minimum absolute atomic E-state index is 0.0724. The Bertz CT molecular complexity index is 1540. The van der Waals surface area contributed by atoms with Crippen LogP contribution in [0.5, 0.6) is 0 Å². The molecule has 1 fully saturated rings. The summed E-state index contributed by atoms with van der Waals surface area (Å²) in [4.78, 5) is 41.4. The summed E-state index contributed by atoms with van der Waals surface area (Å²) in [5, 5.41) is 13.1. The van der Waals surface area contributed by atoms with E-state index < -0.39 is 17.9 Å². The zero-order chi connectivity index (χ0) is 28.4. The average Bonchev–Trinajstić information content (AvgIpc) is 3.47. The highest BCUT2D eigenvalue weighted by Crippen LogP contribution is 2.49. The standard InChI is InChI=1S/C32H27BClNO4S/c1-19-29(26(18-40-19)21-7-9-23(33)10-8-21)28(37)15-22(13-14-36)30-25-16-24(34)11-12-27(25)35(31(30)32(38)39)17-20-5-3-2-4-6-20/h2-14,18,25,30-31H,15-17H2,1H3,(H,38,39)/b22-13-. The minimum Gasteiger partial charge on any atom is -0.480 e. The molecule has 3 unspecified atom stereocenters. The smallest absolute Gasteiger partial charge is 0.326 e. The van der Waals surface area contributed by atoms with Crippen molar-refractivity contribution in [2.75, 3.05) is 0 Å². The third-order valence-corrected chi connectivity index (χ3v) is 8.86. The van der Waals surface area contributed by atoms with Crippen LogP contribution in [0, 0.1) is 18.8 Å². The fourth-order valence-corrected chi connectivity index (χ4v) is 7.04. The Balaban J connectivity index is 1.53. The lowest BCUT2D eigenvalue weighted by Crippen LogP contribution is -2.39. The van der Waals surface area contributed by atoms with Gasteiger partial charge in [-0.15, -0.1) is 11.3 Å². The van der Waals surface area contributed by atoms with Crippen LogP contribution in [0.3, 0.4) is 0 Å². The number of hydrogen-bond donors (Lipinski definition) is 1. The maximum atomic E-state index is 13.9. The third kappa shape index (κ3) is 5.49. The lowest BCUT2D eigenvalue weighted by molar-refractivity contribution is -0.143. The van der Waals surface area contributed by atoms with Crippen LogP contribution in [-0.2, 0) is 16.1 Å². The van der Waals surface area contributed by atoms with Gasteiger partial charge in [0.25, 0.3) is 0 Å². The number of carboxylic acids is 1. The maximum Gasteiger partial charge on any atom is 0.326 e. The minimum atomic E-state index is -1.01. The monoisotopic (exact) mass is 567 g/mol. The predicted molar refractivity (Wildman–Crippen MR) is 160 cm³/mol. The maximum absolute atomic E-state index is 13.9. The van der Waals surface area contributed by atoms with Crippen molar-refractivity contribution in [2.24, 2.45) is 11.8 Å². The van der Waals surface area contributed by atoms with Gasteiger partial charge >= 0.3 is 5.97 Å². The molecule has 8 heteroatoms. The molecule has 1 aliphatic carbocycles. The second-order valence-electron chi connectivity index (χ2n) is 10.1. The van der Waals surface area contributed by atoms with E-state index in [4.69, 9.17) is 19.4 Å². The van der Waals surface area contributed by atoms with Crippen LogP contribution in [-0.4, -0.2) is 41.9 Å². The second-order valence-corrected chi connectivity index (χ2v) is 11.7. The number of Topliss-reactive ketones (excluding diaryl/α,β-unsaturated/α-hetero) is 1. The van der Waals surface area contributed by atoms with Crippen LogP contribution in [0.25, 0.3) is 11.1 Å². The number of nitrogens with zero attached hydrogens (tertiary/aromatic N) is 1. The number of aryl methyl sites for hydroxylation is 1. The Morgan fingerprint density at radius 3 is 2.52 bits per heavy atom. The summed E-state index contributed by atoms with van der Waals surface area (Å²) in [6.45, 7) is 2.28. The van der Waals surface area contributed by atoms with Crippen molar-refractivity contribution in [3.05, 3.63) is 111 Å². The molecule has 3 aromatic rings.